The second kappa shape index (κ2) is 5.23. The molecule has 0 atom stereocenters. The van der Waals surface area contributed by atoms with E-state index in [9.17, 15) is 0 Å². The highest BCUT2D eigenvalue weighted by atomic mass is 15.4. The first-order valence-electron chi connectivity index (χ1n) is 7.22. The van der Waals surface area contributed by atoms with Crippen molar-refractivity contribution in [2.24, 2.45) is 5.92 Å². The minimum atomic E-state index is 0.773. The van der Waals surface area contributed by atoms with Gasteiger partial charge in [0.05, 0.1) is 5.69 Å². The molecule has 5 heteroatoms. The predicted molar refractivity (Wildman–Crippen MR) is 79.2 cm³/mol. The summed E-state index contributed by atoms with van der Waals surface area (Å²) in [6, 6.07) is 6.04. The number of aromatic nitrogens is 4. The van der Waals surface area contributed by atoms with Gasteiger partial charge in [0, 0.05) is 19.3 Å². The molecule has 20 heavy (non-hydrogen) atoms. The van der Waals surface area contributed by atoms with E-state index in [-0.39, 0.29) is 0 Å². The Morgan fingerprint density at radius 3 is 2.60 bits per heavy atom. The molecule has 5 nitrogen and oxygen atoms in total. The number of hydrogen-bond acceptors (Lipinski definition) is 4. The lowest BCUT2D eigenvalue weighted by atomic mass is 10.3. The van der Waals surface area contributed by atoms with Gasteiger partial charge in [-0.05, 0) is 44.4 Å². The molecule has 2 heterocycles. The number of aryl methyl sites for hydroxylation is 2. The maximum Gasteiger partial charge on any atom is 0.176 e. The van der Waals surface area contributed by atoms with Gasteiger partial charge in [0.15, 0.2) is 11.6 Å². The normalized spacial score (nSPS) is 14.6. The van der Waals surface area contributed by atoms with Gasteiger partial charge < -0.3 is 4.90 Å². The van der Waals surface area contributed by atoms with E-state index < -0.39 is 0 Å². The molecule has 3 rings (SSSR count). The molecule has 0 aromatic carbocycles. The van der Waals surface area contributed by atoms with Gasteiger partial charge in [0.25, 0.3) is 0 Å². The SMILES string of the molecule is Cc1cc(C)n(-c2ccc(N(C)CCC3CC3)nn2)n1. The Hall–Kier alpha value is -1.91. The molecule has 1 aliphatic rings. The number of rotatable bonds is 5. The standard InChI is InChI=1S/C15H21N5/c1-11-10-12(2)20(18-11)15-7-6-14(16-17-15)19(3)9-8-13-4-5-13/h6-7,10,13H,4-5,8-9H2,1-3H3. The van der Waals surface area contributed by atoms with Crippen molar-refractivity contribution in [3.63, 3.8) is 0 Å². The van der Waals surface area contributed by atoms with Crippen LogP contribution >= 0.6 is 0 Å². The van der Waals surface area contributed by atoms with Crippen molar-refractivity contribution >= 4 is 5.82 Å². The molecule has 0 amide bonds. The summed E-state index contributed by atoms with van der Waals surface area (Å²) in [5.41, 5.74) is 2.07. The Labute approximate surface area is 119 Å². The van der Waals surface area contributed by atoms with Crippen LogP contribution in [0.15, 0.2) is 18.2 Å². The predicted octanol–water partition coefficient (Wildman–Crippen LogP) is 2.52. The molecule has 0 saturated heterocycles. The van der Waals surface area contributed by atoms with Crippen LogP contribution in [0.4, 0.5) is 5.82 Å². The number of hydrogen-bond donors (Lipinski definition) is 0. The molecular weight excluding hydrogens is 250 g/mol. The summed E-state index contributed by atoms with van der Waals surface area (Å²) in [6.45, 7) is 5.06. The zero-order valence-corrected chi connectivity index (χ0v) is 12.4. The van der Waals surface area contributed by atoms with E-state index in [1.54, 1.807) is 0 Å². The van der Waals surface area contributed by atoms with Crippen molar-refractivity contribution < 1.29 is 0 Å². The number of anilines is 1. The second-order valence-corrected chi connectivity index (χ2v) is 5.74. The number of nitrogens with zero attached hydrogens (tertiary/aromatic N) is 5. The summed E-state index contributed by atoms with van der Waals surface area (Å²) in [5, 5.41) is 13.0. The third-order valence-electron chi connectivity index (χ3n) is 3.82. The van der Waals surface area contributed by atoms with E-state index in [0.717, 1.165) is 35.5 Å². The molecule has 2 aromatic rings. The first-order chi connectivity index (χ1) is 9.63. The van der Waals surface area contributed by atoms with Crippen LogP contribution in [0.2, 0.25) is 0 Å². The highest BCUT2D eigenvalue weighted by Crippen LogP contribution is 2.32. The average Bonchev–Trinajstić information content (AvgIpc) is 3.21. The lowest BCUT2D eigenvalue weighted by Gasteiger charge is -2.17. The van der Waals surface area contributed by atoms with Crippen LogP contribution in [0.25, 0.3) is 5.82 Å². The Morgan fingerprint density at radius 1 is 1.25 bits per heavy atom. The van der Waals surface area contributed by atoms with Crippen LogP contribution in [0.5, 0.6) is 0 Å². The van der Waals surface area contributed by atoms with Gasteiger partial charge in [-0.15, -0.1) is 10.2 Å². The summed E-state index contributed by atoms with van der Waals surface area (Å²) in [6.07, 6.45) is 4.06. The van der Waals surface area contributed by atoms with Crippen LogP contribution in [-0.2, 0) is 0 Å². The van der Waals surface area contributed by atoms with Crippen molar-refractivity contribution in [2.45, 2.75) is 33.1 Å². The lowest BCUT2D eigenvalue weighted by molar-refractivity contribution is 0.699. The van der Waals surface area contributed by atoms with Gasteiger partial charge in [0.1, 0.15) is 0 Å². The molecule has 0 bridgehead atoms. The molecular formula is C15H21N5. The molecule has 106 valence electrons. The van der Waals surface area contributed by atoms with Gasteiger partial charge in [-0.1, -0.05) is 12.8 Å². The van der Waals surface area contributed by atoms with E-state index in [0.29, 0.717) is 0 Å². The molecule has 1 fully saturated rings. The highest BCUT2D eigenvalue weighted by molar-refractivity contribution is 5.39. The molecule has 1 saturated carbocycles. The first-order valence-corrected chi connectivity index (χ1v) is 7.22. The van der Waals surface area contributed by atoms with Crippen LogP contribution in [0.1, 0.15) is 30.7 Å². The Kier molecular flexibility index (Phi) is 3.42. The Bertz CT molecular complexity index is 583. The molecule has 0 aliphatic heterocycles. The van der Waals surface area contributed by atoms with E-state index in [1.807, 2.05) is 36.7 Å². The molecule has 2 aromatic heterocycles. The zero-order valence-electron chi connectivity index (χ0n) is 12.4. The monoisotopic (exact) mass is 271 g/mol. The smallest absolute Gasteiger partial charge is 0.176 e. The minimum absolute atomic E-state index is 0.773. The average molecular weight is 271 g/mol. The lowest BCUT2D eigenvalue weighted by Crippen LogP contribution is -2.20. The van der Waals surface area contributed by atoms with E-state index in [4.69, 9.17) is 0 Å². The van der Waals surface area contributed by atoms with Crippen molar-refractivity contribution in [1.29, 1.82) is 0 Å². The molecule has 0 unspecified atom stereocenters. The summed E-state index contributed by atoms with van der Waals surface area (Å²) in [4.78, 5) is 2.18. The fourth-order valence-corrected chi connectivity index (χ4v) is 2.39. The van der Waals surface area contributed by atoms with E-state index in [2.05, 4.69) is 27.2 Å². The molecule has 0 radical (unpaired) electrons. The van der Waals surface area contributed by atoms with Crippen LogP contribution < -0.4 is 4.90 Å². The summed E-state index contributed by atoms with van der Waals surface area (Å²) in [7, 11) is 2.08. The summed E-state index contributed by atoms with van der Waals surface area (Å²) in [5.74, 6) is 2.64. The minimum Gasteiger partial charge on any atom is -0.358 e. The Balaban J connectivity index is 1.71. The molecule has 0 spiro atoms. The maximum absolute atomic E-state index is 4.42. The van der Waals surface area contributed by atoms with Crippen LogP contribution in [0.3, 0.4) is 0 Å². The van der Waals surface area contributed by atoms with Gasteiger partial charge in [-0.2, -0.15) is 5.10 Å². The van der Waals surface area contributed by atoms with Crippen molar-refractivity contribution in [3.8, 4) is 5.82 Å². The van der Waals surface area contributed by atoms with Crippen molar-refractivity contribution in [2.75, 3.05) is 18.5 Å². The van der Waals surface area contributed by atoms with Gasteiger partial charge in [0.2, 0.25) is 0 Å². The maximum atomic E-state index is 4.42. The third-order valence-corrected chi connectivity index (χ3v) is 3.82. The van der Waals surface area contributed by atoms with Gasteiger partial charge >= 0.3 is 0 Å². The van der Waals surface area contributed by atoms with E-state index >= 15 is 0 Å². The third kappa shape index (κ3) is 2.81. The van der Waals surface area contributed by atoms with Crippen LogP contribution in [-0.4, -0.2) is 33.6 Å². The topological polar surface area (TPSA) is 46.8 Å². The summed E-state index contributed by atoms with van der Waals surface area (Å²) >= 11 is 0. The van der Waals surface area contributed by atoms with Crippen molar-refractivity contribution in [3.05, 3.63) is 29.6 Å². The fourth-order valence-electron chi connectivity index (χ4n) is 2.39. The Morgan fingerprint density at radius 2 is 2.05 bits per heavy atom. The van der Waals surface area contributed by atoms with Gasteiger partial charge in [-0.25, -0.2) is 4.68 Å². The molecule has 1 aliphatic carbocycles. The van der Waals surface area contributed by atoms with Gasteiger partial charge in [-0.3, -0.25) is 0 Å². The summed E-state index contributed by atoms with van der Waals surface area (Å²) < 4.78 is 1.83. The van der Waals surface area contributed by atoms with E-state index in [1.165, 1.54) is 19.3 Å². The quantitative estimate of drug-likeness (QED) is 0.838. The van der Waals surface area contributed by atoms with Crippen LogP contribution in [0, 0.1) is 19.8 Å². The van der Waals surface area contributed by atoms with Crippen molar-refractivity contribution in [1.82, 2.24) is 20.0 Å². The highest BCUT2D eigenvalue weighted by Gasteiger charge is 2.21. The molecule has 0 N–H and O–H groups in total. The fraction of sp³-hybridized carbons (Fsp3) is 0.533. The zero-order chi connectivity index (χ0) is 14.1. The second-order valence-electron chi connectivity index (χ2n) is 5.74. The first kappa shape index (κ1) is 13.1. The largest absolute Gasteiger partial charge is 0.358 e.